The van der Waals surface area contributed by atoms with Crippen LogP contribution in [0.1, 0.15) is 5.56 Å². The Kier molecular flexibility index (Phi) is 4.40. The third kappa shape index (κ3) is 3.49. The van der Waals surface area contributed by atoms with Gasteiger partial charge in [0.2, 0.25) is 17.5 Å². The Morgan fingerprint density at radius 2 is 1.11 bits per heavy atom. The van der Waals surface area contributed by atoms with Crippen molar-refractivity contribution in [3.8, 4) is 35.1 Å². The van der Waals surface area contributed by atoms with E-state index in [1.807, 2.05) is 0 Å². The molecule has 7 rings (SSSR count). The SMILES string of the molecule is Cc1cc(F)cc2nc(-c3nc(-c4nc5ccccc5o4)nc(-c4nc5cc(F)cc(F)c5o4)n3)oc12. The van der Waals surface area contributed by atoms with Gasteiger partial charge < -0.3 is 13.3 Å². The monoisotopic (exact) mass is 500 g/mol. The first kappa shape index (κ1) is 21.2. The lowest BCUT2D eigenvalue weighted by Gasteiger charge is -2.01. The second-order valence-electron chi connectivity index (χ2n) is 8.14. The molecule has 4 aromatic heterocycles. The Morgan fingerprint density at radius 3 is 1.78 bits per heavy atom. The molecule has 3 aromatic carbocycles. The third-order valence-electron chi connectivity index (χ3n) is 5.55. The van der Waals surface area contributed by atoms with Crippen LogP contribution in [0.5, 0.6) is 0 Å². The molecular weight excluding hydrogens is 489 g/mol. The molecule has 0 aliphatic heterocycles. The number of aromatic nitrogens is 6. The van der Waals surface area contributed by atoms with Gasteiger partial charge in [0, 0.05) is 18.2 Å². The van der Waals surface area contributed by atoms with Crippen LogP contribution in [0.2, 0.25) is 0 Å². The standard InChI is InChI=1S/C25H11F3N6O3/c1-10-6-11(26)8-15-18(10)36-24(30-15)21-32-20(23-29-14-4-2-3-5-17(14)35-23)33-22(34-21)25-31-16-9-12(27)7-13(28)19(16)37-25/h2-9H,1H3. The molecule has 0 spiro atoms. The topological polar surface area (TPSA) is 117 Å². The van der Waals surface area contributed by atoms with Gasteiger partial charge in [-0.1, -0.05) is 12.1 Å². The van der Waals surface area contributed by atoms with Crippen molar-refractivity contribution in [1.82, 2.24) is 29.9 Å². The molecule has 0 fully saturated rings. The van der Waals surface area contributed by atoms with E-state index in [1.165, 1.54) is 12.1 Å². The Balaban J connectivity index is 1.46. The lowest BCUT2D eigenvalue weighted by Crippen LogP contribution is -2.00. The van der Waals surface area contributed by atoms with E-state index in [1.54, 1.807) is 31.2 Å². The molecule has 180 valence electrons. The molecule has 0 saturated heterocycles. The molecule has 0 bridgehead atoms. The molecule has 0 radical (unpaired) electrons. The van der Waals surface area contributed by atoms with E-state index in [0.29, 0.717) is 28.3 Å². The van der Waals surface area contributed by atoms with Crippen molar-refractivity contribution in [1.29, 1.82) is 0 Å². The van der Waals surface area contributed by atoms with Crippen LogP contribution in [0.15, 0.2) is 61.8 Å². The Bertz CT molecular complexity index is 1880. The minimum atomic E-state index is -0.932. The summed E-state index contributed by atoms with van der Waals surface area (Å²) in [6, 6.07) is 11.3. The zero-order chi connectivity index (χ0) is 25.3. The number of fused-ring (bicyclic) bond motifs is 3. The fourth-order valence-corrected chi connectivity index (χ4v) is 3.94. The molecule has 0 saturated carbocycles. The number of halogens is 3. The fraction of sp³-hybridized carbons (Fsp3) is 0.0400. The third-order valence-corrected chi connectivity index (χ3v) is 5.55. The first-order chi connectivity index (χ1) is 17.9. The quantitative estimate of drug-likeness (QED) is 0.287. The summed E-state index contributed by atoms with van der Waals surface area (Å²) in [6.07, 6.45) is 0. The summed E-state index contributed by atoms with van der Waals surface area (Å²) in [6.45, 7) is 1.68. The number of hydrogen-bond donors (Lipinski definition) is 0. The second-order valence-corrected chi connectivity index (χ2v) is 8.14. The maximum atomic E-state index is 14.3. The summed E-state index contributed by atoms with van der Waals surface area (Å²) in [5.41, 5.74) is 1.86. The minimum Gasteiger partial charge on any atom is -0.434 e. The Morgan fingerprint density at radius 1 is 0.568 bits per heavy atom. The van der Waals surface area contributed by atoms with Crippen molar-refractivity contribution < 1.29 is 26.4 Å². The van der Waals surface area contributed by atoms with Crippen LogP contribution < -0.4 is 0 Å². The number of oxazole rings is 3. The van der Waals surface area contributed by atoms with Gasteiger partial charge in [0.15, 0.2) is 22.6 Å². The lowest BCUT2D eigenvalue weighted by molar-refractivity contribution is 0.547. The number of benzene rings is 3. The highest BCUT2D eigenvalue weighted by Crippen LogP contribution is 2.31. The van der Waals surface area contributed by atoms with Gasteiger partial charge in [0.1, 0.15) is 28.2 Å². The summed E-state index contributed by atoms with van der Waals surface area (Å²) in [5, 5.41) is 0. The fourth-order valence-electron chi connectivity index (χ4n) is 3.94. The van der Waals surface area contributed by atoms with Crippen LogP contribution >= 0.6 is 0 Å². The van der Waals surface area contributed by atoms with Gasteiger partial charge in [-0.05, 0) is 30.7 Å². The molecule has 0 N–H and O–H groups in total. The zero-order valence-electron chi connectivity index (χ0n) is 18.7. The predicted molar refractivity (Wildman–Crippen MR) is 123 cm³/mol. The molecular formula is C25H11F3N6O3. The number of nitrogens with zero attached hydrogens (tertiary/aromatic N) is 6. The highest BCUT2D eigenvalue weighted by Gasteiger charge is 2.23. The number of rotatable bonds is 3. The van der Waals surface area contributed by atoms with Crippen molar-refractivity contribution in [2.75, 3.05) is 0 Å². The number of para-hydroxylation sites is 2. The predicted octanol–water partition coefficient (Wildman–Crippen LogP) is 6.02. The van der Waals surface area contributed by atoms with E-state index in [9.17, 15) is 13.2 Å². The number of aryl methyl sites for hydroxylation is 1. The zero-order valence-corrected chi connectivity index (χ0v) is 18.7. The minimum absolute atomic E-state index is 0.0183. The molecule has 12 heteroatoms. The van der Waals surface area contributed by atoms with Gasteiger partial charge in [-0.15, -0.1) is 0 Å². The lowest BCUT2D eigenvalue weighted by atomic mass is 10.2. The molecule has 0 aliphatic rings. The van der Waals surface area contributed by atoms with E-state index in [2.05, 4.69) is 29.9 Å². The van der Waals surface area contributed by atoms with Crippen molar-refractivity contribution in [3.05, 3.63) is 71.5 Å². The molecule has 7 aromatic rings. The van der Waals surface area contributed by atoms with Gasteiger partial charge >= 0.3 is 0 Å². The van der Waals surface area contributed by atoms with Gasteiger partial charge in [0.25, 0.3) is 17.7 Å². The van der Waals surface area contributed by atoms with E-state index in [4.69, 9.17) is 13.3 Å². The van der Waals surface area contributed by atoms with E-state index in [-0.39, 0.29) is 51.8 Å². The number of hydrogen-bond acceptors (Lipinski definition) is 9. The molecule has 0 aliphatic carbocycles. The first-order valence-electron chi connectivity index (χ1n) is 10.9. The van der Waals surface area contributed by atoms with Crippen LogP contribution in [0.25, 0.3) is 68.4 Å². The molecule has 37 heavy (non-hydrogen) atoms. The summed E-state index contributed by atoms with van der Waals surface area (Å²) < 4.78 is 59.0. The van der Waals surface area contributed by atoms with Gasteiger partial charge in [-0.2, -0.15) is 15.0 Å². The molecule has 0 atom stereocenters. The molecule has 0 amide bonds. The van der Waals surface area contributed by atoms with E-state index >= 15 is 0 Å². The molecule has 4 heterocycles. The Labute approximate surface area is 203 Å². The molecule has 0 unspecified atom stereocenters. The maximum Gasteiger partial charge on any atom is 0.266 e. The smallest absolute Gasteiger partial charge is 0.266 e. The Hall–Kier alpha value is -5.13. The van der Waals surface area contributed by atoms with E-state index in [0.717, 1.165) is 6.07 Å². The first-order valence-corrected chi connectivity index (χ1v) is 10.9. The van der Waals surface area contributed by atoms with Crippen molar-refractivity contribution >= 4 is 33.3 Å². The average molecular weight is 500 g/mol. The van der Waals surface area contributed by atoms with Crippen molar-refractivity contribution in [2.45, 2.75) is 6.92 Å². The average Bonchev–Trinajstić information content (AvgIpc) is 3.60. The summed E-state index contributed by atoms with van der Waals surface area (Å²) in [7, 11) is 0. The highest BCUT2D eigenvalue weighted by molar-refractivity contribution is 5.80. The maximum absolute atomic E-state index is 14.3. The van der Waals surface area contributed by atoms with Crippen LogP contribution in [-0.4, -0.2) is 29.9 Å². The second kappa shape index (κ2) is 7.68. The van der Waals surface area contributed by atoms with Crippen LogP contribution in [-0.2, 0) is 0 Å². The molecule has 9 nitrogen and oxygen atoms in total. The largest absolute Gasteiger partial charge is 0.434 e. The summed E-state index contributed by atoms with van der Waals surface area (Å²) in [5.74, 6) is -2.64. The van der Waals surface area contributed by atoms with Crippen LogP contribution in [0, 0.1) is 24.4 Å². The highest BCUT2D eigenvalue weighted by atomic mass is 19.1. The van der Waals surface area contributed by atoms with Gasteiger partial charge in [-0.25, -0.2) is 28.1 Å². The van der Waals surface area contributed by atoms with Gasteiger partial charge in [0.05, 0.1) is 0 Å². The summed E-state index contributed by atoms with van der Waals surface area (Å²) in [4.78, 5) is 25.9. The van der Waals surface area contributed by atoms with E-state index < -0.39 is 17.5 Å². The summed E-state index contributed by atoms with van der Waals surface area (Å²) >= 11 is 0. The van der Waals surface area contributed by atoms with Crippen LogP contribution in [0.3, 0.4) is 0 Å². The normalized spacial score (nSPS) is 11.8. The van der Waals surface area contributed by atoms with Crippen molar-refractivity contribution in [2.24, 2.45) is 0 Å². The van der Waals surface area contributed by atoms with Crippen molar-refractivity contribution in [3.63, 3.8) is 0 Å². The van der Waals surface area contributed by atoms with Gasteiger partial charge in [-0.3, -0.25) is 0 Å². The van der Waals surface area contributed by atoms with Crippen LogP contribution in [0.4, 0.5) is 13.2 Å².